The van der Waals surface area contributed by atoms with Gasteiger partial charge >= 0.3 is 0 Å². The highest BCUT2D eigenvalue weighted by Crippen LogP contribution is 2.61. The molecule has 0 amide bonds. The van der Waals surface area contributed by atoms with E-state index >= 15 is 0 Å². The summed E-state index contributed by atoms with van der Waals surface area (Å²) in [7, 11) is 6.77. The molecule has 0 atom stereocenters. The fourth-order valence-electron chi connectivity index (χ4n) is 4.91. The molecule has 0 heterocycles. The van der Waals surface area contributed by atoms with Crippen molar-refractivity contribution in [2.24, 2.45) is 0 Å². The second-order valence-corrected chi connectivity index (χ2v) is 7.67. The van der Waals surface area contributed by atoms with Crippen molar-refractivity contribution in [1.82, 2.24) is 0 Å². The van der Waals surface area contributed by atoms with E-state index in [1.165, 1.54) is 22.3 Å². The number of hydrogen-bond acceptors (Lipinski definition) is 4. The molecule has 0 saturated carbocycles. The van der Waals surface area contributed by atoms with E-state index in [4.69, 9.17) is 18.9 Å². The summed E-state index contributed by atoms with van der Waals surface area (Å²) >= 11 is 0. The highest BCUT2D eigenvalue weighted by atomic mass is 16.5. The first-order chi connectivity index (χ1) is 12.4. The number of fused-ring (bicyclic) bond motifs is 1. The van der Waals surface area contributed by atoms with Crippen molar-refractivity contribution in [1.29, 1.82) is 0 Å². The molecule has 3 aliphatic carbocycles. The lowest BCUT2D eigenvalue weighted by atomic mass is 9.50. The molecule has 0 spiro atoms. The van der Waals surface area contributed by atoms with Gasteiger partial charge in [-0.15, -0.1) is 0 Å². The molecule has 0 fully saturated rings. The topological polar surface area (TPSA) is 36.9 Å². The fourth-order valence-corrected chi connectivity index (χ4v) is 4.91. The normalized spacial score (nSPS) is 25.3. The van der Waals surface area contributed by atoms with Gasteiger partial charge < -0.3 is 18.9 Å². The zero-order valence-electron chi connectivity index (χ0n) is 16.4. The Morgan fingerprint density at radius 2 is 0.769 bits per heavy atom. The molecule has 4 heteroatoms. The van der Waals surface area contributed by atoms with Gasteiger partial charge in [0.2, 0.25) is 0 Å². The molecule has 26 heavy (non-hydrogen) atoms. The van der Waals surface area contributed by atoms with Crippen LogP contribution in [0.3, 0.4) is 0 Å². The van der Waals surface area contributed by atoms with Crippen molar-refractivity contribution in [2.45, 2.75) is 37.5 Å². The maximum atomic E-state index is 5.59. The van der Waals surface area contributed by atoms with Crippen LogP contribution in [-0.4, -0.2) is 28.4 Å². The Morgan fingerprint density at radius 3 is 0.962 bits per heavy atom. The summed E-state index contributed by atoms with van der Waals surface area (Å²) in [5.74, 6) is 3.13. The van der Waals surface area contributed by atoms with Crippen molar-refractivity contribution in [3.63, 3.8) is 0 Å². The lowest BCUT2D eigenvalue weighted by Crippen LogP contribution is -2.46. The third-order valence-corrected chi connectivity index (χ3v) is 6.55. The van der Waals surface area contributed by atoms with Gasteiger partial charge in [-0.2, -0.15) is 0 Å². The van der Waals surface area contributed by atoms with Gasteiger partial charge in [0, 0.05) is 10.8 Å². The van der Waals surface area contributed by atoms with Crippen molar-refractivity contribution in [3.05, 3.63) is 46.5 Å². The van der Waals surface area contributed by atoms with E-state index in [1.54, 1.807) is 28.4 Å². The molecule has 4 nitrogen and oxygen atoms in total. The SMILES string of the molecule is COc1cc2c(cc1OC)C1(C)CCC2(C)c2cc(OC)c(OC)cc21. The molecule has 0 unspecified atom stereocenters. The zero-order valence-corrected chi connectivity index (χ0v) is 16.4. The molecule has 2 aromatic rings. The predicted molar refractivity (Wildman–Crippen MR) is 101 cm³/mol. The number of hydrogen-bond donors (Lipinski definition) is 0. The van der Waals surface area contributed by atoms with Crippen LogP contribution in [0, 0.1) is 0 Å². The summed E-state index contributed by atoms with van der Waals surface area (Å²) in [6.07, 6.45) is 2.18. The minimum Gasteiger partial charge on any atom is -0.493 e. The second-order valence-electron chi connectivity index (χ2n) is 7.67. The third-order valence-electron chi connectivity index (χ3n) is 6.55. The van der Waals surface area contributed by atoms with E-state index in [1.807, 2.05) is 0 Å². The van der Waals surface area contributed by atoms with Gasteiger partial charge in [-0.3, -0.25) is 0 Å². The first-order valence-corrected chi connectivity index (χ1v) is 8.97. The fraction of sp³-hybridized carbons (Fsp3) is 0.455. The largest absolute Gasteiger partial charge is 0.493 e. The molecule has 2 bridgehead atoms. The van der Waals surface area contributed by atoms with Crippen LogP contribution >= 0.6 is 0 Å². The zero-order chi connectivity index (χ0) is 18.7. The molecule has 0 aromatic heterocycles. The second kappa shape index (κ2) is 5.57. The van der Waals surface area contributed by atoms with E-state index in [9.17, 15) is 0 Å². The third kappa shape index (κ3) is 1.96. The summed E-state index contributed by atoms with van der Waals surface area (Å²) in [6, 6.07) is 8.63. The number of benzene rings is 2. The van der Waals surface area contributed by atoms with E-state index in [0.717, 1.165) is 35.8 Å². The number of ether oxygens (including phenoxy) is 4. The molecule has 138 valence electrons. The Hall–Kier alpha value is -2.36. The van der Waals surface area contributed by atoms with Crippen molar-refractivity contribution in [2.75, 3.05) is 28.4 Å². The van der Waals surface area contributed by atoms with E-state index in [2.05, 4.69) is 38.1 Å². The van der Waals surface area contributed by atoms with Gasteiger partial charge in [0.1, 0.15) is 0 Å². The van der Waals surface area contributed by atoms with Gasteiger partial charge in [0.15, 0.2) is 23.0 Å². The molecule has 0 saturated heterocycles. The minimum absolute atomic E-state index is 0.0818. The first-order valence-electron chi connectivity index (χ1n) is 8.97. The van der Waals surface area contributed by atoms with Gasteiger partial charge in [-0.05, 0) is 59.4 Å². The molecule has 5 rings (SSSR count). The quantitative estimate of drug-likeness (QED) is 0.813. The average molecular weight is 354 g/mol. The summed E-state index contributed by atoms with van der Waals surface area (Å²) in [6.45, 7) is 4.64. The summed E-state index contributed by atoms with van der Waals surface area (Å²) in [5.41, 5.74) is 5.13. The molecule has 2 aromatic carbocycles. The Balaban J connectivity index is 2.05. The van der Waals surface area contributed by atoms with E-state index in [0.29, 0.717) is 0 Å². The first kappa shape index (κ1) is 17.1. The Bertz CT molecular complexity index is 749. The van der Waals surface area contributed by atoms with Gasteiger partial charge in [0.25, 0.3) is 0 Å². The van der Waals surface area contributed by atoms with Crippen LogP contribution < -0.4 is 18.9 Å². The highest BCUT2D eigenvalue weighted by Gasteiger charge is 2.52. The van der Waals surface area contributed by atoms with Crippen LogP contribution in [0.4, 0.5) is 0 Å². The lowest BCUT2D eigenvalue weighted by molar-refractivity contribution is 0.307. The molecule has 0 N–H and O–H groups in total. The Labute approximate surface area is 155 Å². The maximum absolute atomic E-state index is 5.59. The molecular formula is C22H26O4. The van der Waals surface area contributed by atoms with Crippen molar-refractivity contribution >= 4 is 0 Å². The summed E-state index contributed by atoms with van der Waals surface area (Å²) < 4.78 is 22.4. The Kier molecular flexibility index (Phi) is 3.66. The maximum Gasteiger partial charge on any atom is 0.161 e. The minimum atomic E-state index is -0.0818. The Morgan fingerprint density at radius 1 is 0.538 bits per heavy atom. The van der Waals surface area contributed by atoms with Gasteiger partial charge in [-0.1, -0.05) is 13.8 Å². The van der Waals surface area contributed by atoms with Gasteiger partial charge in [-0.25, -0.2) is 0 Å². The highest BCUT2D eigenvalue weighted by molar-refractivity contribution is 5.68. The number of rotatable bonds is 4. The molecular weight excluding hydrogens is 328 g/mol. The van der Waals surface area contributed by atoms with E-state index < -0.39 is 0 Å². The van der Waals surface area contributed by atoms with Crippen LogP contribution in [-0.2, 0) is 10.8 Å². The van der Waals surface area contributed by atoms with Crippen LogP contribution in [0.2, 0.25) is 0 Å². The average Bonchev–Trinajstić information content (AvgIpc) is 2.68. The van der Waals surface area contributed by atoms with Crippen LogP contribution in [0.15, 0.2) is 24.3 Å². The molecule has 0 aliphatic heterocycles. The summed E-state index contributed by atoms with van der Waals surface area (Å²) in [5, 5.41) is 0. The molecule has 3 aliphatic rings. The lowest BCUT2D eigenvalue weighted by Gasteiger charge is -2.53. The van der Waals surface area contributed by atoms with Crippen LogP contribution in [0.25, 0.3) is 0 Å². The van der Waals surface area contributed by atoms with Crippen molar-refractivity contribution in [3.8, 4) is 23.0 Å². The van der Waals surface area contributed by atoms with Crippen molar-refractivity contribution < 1.29 is 18.9 Å². The van der Waals surface area contributed by atoms with Crippen LogP contribution in [0.1, 0.15) is 48.9 Å². The summed E-state index contributed by atoms with van der Waals surface area (Å²) in [4.78, 5) is 0. The smallest absolute Gasteiger partial charge is 0.161 e. The van der Waals surface area contributed by atoms with E-state index in [-0.39, 0.29) is 10.8 Å². The monoisotopic (exact) mass is 354 g/mol. The molecule has 0 radical (unpaired) electrons. The standard InChI is InChI=1S/C22H26O4/c1-21-7-8-22(2,15-11-19(25-5)17(23-3)9-13(15)21)16-12-20(26-6)18(24-4)10-14(16)21/h9-12H,7-8H2,1-6H3. The number of methoxy groups -OCH3 is 4. The predicted octanol–water partition coefficient (Wildman–Crippen LogP) is 4.44. The van der Waals surface area contributed by atoms with Gasteiger partial charge in [0.05, 0.1) is 28.4 Å². The van der Waals surface area contributed by atoms with Crippen LogP contribution in [0.5, 0.6) is 23.0 Å².